The van der Waals surface area contributed by atoms with Gasteiger partial charge in [-0.3, -0.25) is 4.98 Å². The highest BCUT2D eigenvalue weighted by Crippen LogP contribution is 2.36. The van der Waals surface area contributed by atoms with Gasteiger partial charge in [0.05, 0.1) is 18.4 Å². The lowest BCUT2D eigenvalue weighted by Gasteiger charge is -2.06. The Morgan fingerprint density at radius 2 is 2.54 bits per heavy atom. The van der Waals surface area contributed by atoms with Gasteiger partial charge >= 0.3 is 0 Å². The lowest BCUT2D eigenvalue weighted by atomic mass is 10.1. The molecular weight excluding hydrogens is 168 g/mol. The molecule has 1 aromatic heterocycles. The molecule has 4 heteroatoms. The number of hydrogen-bond acceptors (Lipinski definition) is 4. The van der Waals surface area contributed by atoms with Gasteiger partial charge in [0.15, 0.2) is 0 Å². The molecule has 0 saturated carbocycles. The topological polar surface area (TPSA) is 68.4 Å². The van der Waals surface area contributed by atoms with E-state index >= 15 is 0 Å². The molecule has 1 aromatic rings. The minimum absolute atomic E-state index is 0.0280. The summed E-state index contributed by atoms with van der Waals surface area (Å²) in [6.45, 7) is 2.65. The summed E-state index contributed by atoms with van der Waals surface area (Å²) < 4.78 is 5.36. The van der Waals surface area contributed by atoms with Crippen LogP contribution < -0.4 is 5.73 Å². The molecule has 2 heterocycles. The summed E-state index contributed by atoms with van der Waals surface area (Å²) in [5.74, 6) is 0.198. The minimum Gasteiger partial charge on any atom is -0.506 e. The van der Waals surface area contributed by atoms with Crippen LogP contribution in [0.15, 0.2) is 6.20 Å². The fraction of sp³-hybridized carbons (Fsp3) is 0.444. The molecule has 0 aromatic carbocycles. The van der Waals surface area contributed by atoms with Crippen LogP contribution in [0, 0.1) is 0 Å². The van der Waals surface area contributed by atoms with Gasteiger partial charge in [-0.15, -0.1) is 0 Å². The first kappa shape index (κ1) is 8.47. The predicted molar refractivity (Wildman–Crippen MR) is 47.0 cm³/mol. The van der Waals surface area contributed by atoms with Crippen molar-refractivity contribution in [2.75, 3.05) is 0 Å². The number of hydrogen-bond donors (Lipinski definition) is 2. The molecule has 1 atom stereocenters. The summed E-state index contributed by atoms with van der Waals surface area (Å²) in [5, 5.41) is 9.70. The predicted octanol–water partition coefficient (Wildman–Crippen LogP) is 0.837. The monoisotopic (exact) mass is 180 g/mol. The van der Waals surface area contributed by atoms with Crippen molar-refractivity contribution in [3.8, 4) is 5.75 Å². The Labute approximate surface area is 76.4 Å². The molecule has 70 valence electrons. The molecule has 0 spiro atoms. The Bertz CT molecular complexity index is 339. The van der Waals surface area contributed by atoms with Gasteiger partial charge in [0.25, 0.3) is 0 Å². The molecule has 3 N–H and O–H groups in total. The van der Waals surface area contributed by atoms with Gasteiger partial charge in [0.1, 0.15) is 5.75 Å². The van der Waals surface area contributed by atoms with Crippen molar-refractivity contribution in [2.45, 2.75) is 26.2 Å². The molecule has 0 bridgehead atoms. The molecule has 0 fully saturated rings. The number of rotatable bonds is 1. The smallest absolute Gasteiger partial charge is 0.144 e. The summed E-state index contributed by atoms with van der Waals surface area (Å²) in [4.78, 5) is 4.06. The minimum atomic E-state index is 0.0280. The van der Waals surface area contributed by atoms with E-state index in [0.29, 0.717) is 12.3 Å². The van der Waals surface area contributed by atoms with Crippen LogP contribution in [-0.2, 0) is 17.9 Å². The second-order valence-electron chi connectivity index (χ2n) is 3.14. The first-order valence-corrected chi connectivity index (χ1v) is 4.25. The highest BCUT2D eigenvalue weighted by Gasteiger charge is 2.24. The zero-order chi connectivity index (χ0) is 9.42. The molecule has 13 heavy (non-hydrogen) atoms. The summed E-state index contributed by atoms with van der Waals surface area (Å²) in [6.07, 6.45) is 1.76. The van der Waals surface area contributed by atoms with E-state index in [0.717, 1.165) is 11.1 Å². The van der Waals surface area contributed by atoms with Crippen molar-refractivity contribution in [1.29, 1.82) is 0 Å². The van der Waals surface area contributed by atoms with E-state index < -0.39 is 0 Å². The van der Waals surface area contributed by atoms with Crippen LogP contribution in [0.1, 0.15) is 29.8 Å². The lowest BCUT2D eigenvalue weighted by Crippen LogP contribution is -2.02. The largest absolute Gasteiger partial charge is 0.506 e. The summed E-state index contributed by atoms with van der Waals surface area (Å²) in [6, 6.07) is 0. The average Bonchev–Trinajstić information content (AvgIpc) is 2.50. The maximum absolute atomic E-state index is 9.70. The van der Waals surface area contributed by atoms with Crippen molar-refractivity contribution >= 4 is 0 Å². The van der Waals surface area contributed by atoms with Crippen molar-refractivity contribution in [2.24, 2.45) is 5.73 Å². The van der Waals surface area contributed by atoms with Crippen LogP contribution in [0.4, 0.5) is 0 Å². The van der Waals surface area contributed by atoms with Crippen LogP contribution in [0.3, 0.4) is 0 Å². The molecule has 1 unspecified atom stereocenters. The fourth-order valence-corrected chi connectivity index (χ4v) is 1.55. The van der Waals surface area contributed by atoms with Crippen LogP contribution in [0.25, 0.3) is 0 Å². The number of aromatic nitrogens is 1. The summed E-state index contributed by atoms with van der Waals surface area (Å²) in [5.41, 5.74) is 7.76. The molecule has 1 aliphatic heterocycles. The van der Waals surface area contributed by atoms with Crippen molar-refractivity contribution in [3.63, 3.8) is 0 Å². The van der Waals surface area contributed by atoms with E-state index in [-0.39, 0.29) is 18.4 Å². The van der Waals surface area contributed by atoms with E-state index in [1.807, 2.05) is 6.92 Å². The van der Waals surface area contributed by atoms with E-state index in [2.05, 4.69) is 4.98 Å². The van der Waals surface area contributed by atoms with Crippen molar-refractivity contribution < 1.29 is 9.84 Å². The summed E-state index contributed by atoms with van der Waals surface area (Å²) in [7, 11) is 0. The van der Waals surface area contributed by atoms with E-state index in [1.165, 1.54) is 0 Å². The van der Waals surface area contributed by atoms with Crippen molar-refractivity contribution in [3.05, 3.63) is 23.0 Å². The number of fused-ring (bicyclic) bond motifs is 1. The van der Waals surface area contributed by atoms with E-state index in [9.17, 15) is 5.11 Å². The van der Waals surface area contributed by atoms with E-state index in [4.69, 9.17) is 10.5 Å². The Morgan fingerprint density at radius 1 is 1.77 bits per heavy atom. The number of nitrogens with zero attached hydrogens (tertiary/aromatic N) is 1. The lowest BCUT2D eigenvalue weighted by molar-refractivity contribution is 0.0790. The van der Waals surface area contributed by atoms with Gasteiger partial charge in [0.2, 0.25) is 0 Å². The number of ether oxygens (including phenoxy) is 1. The van der Waals surface area contributed by atoms with Crippen LogP contribution in [-0.4, -0.2) is 10.1 Å². The molecule has 2 rings (SSSR count). The van der Waals surface area contributed by atoms with Gasteiger partial charge in [0, 0.05) is 23.9 Å². The normalized spacial score (nSPS) is 20.3. The molecule has 4 nitrogen and oxygen atoms in total. The first-order valence-electron chi connectivity index (χ1n) is 4.25. The van der Waals surface area contributed by atoms with Crippen LogP contribution in [0.5, 0.6) is 5.75 Å². The zero-order valence-electron chi connectivity index (χ0n) is 7.45. The Hall–Kier alpha value is -1.13. The van der Waals surface area contributed by atoms with Crippen LogP contribution >= 0.6 is 0 Å². The Morgan fingerprint density at radius 3 is 3.23 bits per heavy atom. The molecule has 0 amide bonds. The Kier molecular flexibility index (Phi) is 1.94. The Balaban J connectivity index is 2.54. The maximum atomic E-state index is 9.70. The third-order valence-electron chi connectivity index (χ3n) is 2.38. The third kappa shape index (κ3) is 1.18. The maximum Gasteiger partial charge on any atom is 0.144 e. The molecule has 0 radical (unpaired) electrons. The van der Waals surface area contributed by atoms with Crippen LogP contribution in [0.2, 0.25) is 0 Å². The average molecular weight is 180 g/mol. The number of aromatic hydroxyl groups is 1. The van der Waals surface area contributed by atoms with E-state index in [1.54, 1.807) is 6.20 Å². The fourth-order valence-electron chi connectivity index (χ4n) is 1.55. The standard InChI is InChI=1S/C9H12N2O2/c1-5-6-3-11-8(2-10)9(12)7(6)4-13-5/h3,5,12H,2,4,10H2,1H3. The van der Waals surface area contributed by atoms with Gasteiger partial charge in [-0.2, -0.15) is 0 Å². The molecular formula is C9H12N2O2. The second-order valence-corrected chi connectivity index (χ2v) is 3.14. The van der Waals surface area contributed by atoms with Gasteiger partial charge in [-0.1, -0.05) is 0 Å². The summed E-state index contributed by atoms with van der Waals surface area (Å²) >= 11 is 0. The highest BCUT2D eigenvalue weighted by atomic mass is 16.5. The quantitative estimate of drug-likeness (QED) is 0.671. The third-order valence-corrected chi connectivity index (χ3v) is 2.38. The molecule has 1 aliphatic rings. The van der Waals surface area contributed by atoms with Gasteiger partial charge in [-0.05, 0) is 6.92 Å². The van der Waals surface area contributed by atoms with Gasteiger partial charge < -0.3 is 15.6 Å². The van der Waals surface area contributed by atoms with Gasteiger partial charge in [-0.25, -0.2) is 0 Å². The van der Waals surface area contributed by atoms with Crippen molar-refractivity contribution in [1.82, 2.24) is 4.98 Å². The molecule has 0 aliphatic carbocycles. The first-order chi connectivity index (χ1) is 6.24. The zero-order valence-corrected chi connectivity index (χ0v) is 7.45. The number of pyridine rings is 1. The highest BCUT2D eigenvalue weighted by molar-refractivity contribution is 5.43. The second kappa shape index (κ2) is 2.97. The SMILES string of the molecule is CC1OCc2c1cnc(CN)c2O. The molecule has 0 saturated heterocycles. The number of nitrogens with two attached hydrogens (primary N) is 1.